The Labute approximate surface area is 164 Å². The van der Waals surface area contributed by atoms with E-state index in [2.05, 4.69) is 31.3 Å². The van der Waals surface area contributed by atoms with Crippen LogP contribution in [0.2, 0.25) is 0 Å². The van der Waals surface area contributed by atoms with Crippen molar-refractivity contribution in [1.82, 2.24) is 5.43 Å². The van der Waals surface area contributed by atoms with Gasteiger partial charge in [-0.3, -0.25) is 4.79 Å². The van der Waals surface area contributed by atoms with Crippen molar-refractivity contribution in [2.75, 3.05) is 13.2 Å². The summed E-state index contributed by atoms with van der Waals surface area (Å²) in [6.07, 6.45) is 3.18. The second-order valence-electron chi connectivity index (χ2n) is 8.14. The smallest absolute Gasteiger partial charge is 0.344 e. The molecule has 2 aliphatic carbocycles. The van der Waals surface area contributed by atoms with Gasteiger partial charge in [0.2, 0.25) is 0 Å². The predicted octanol–water partition coefficient (Wildman–Crippen LogP) is 2.80. The average molecular weight is 383 g/mol. The van der Waals surface area contributed by atoms with Crippen LogP contribution in [0.3, 0.4) is 0 Å². The van der Waals surface area contributed by atoms with Crippen LogP contribution < -0.4 is 10.2 Å². The number of amides is 1. The molecule has 2 aliphatic rings. The van der Waals surface area contributed by atoms with Gasteiger partial charge in [-0.15, -0.1) is 0 Å². The average Bonchev–Trinajstić information content (AvgIpc) is 3.02. The lowest BCUT2D eigenvalue weighted by molar-refractivity contribution is -0.150. The van der Waals surface area contributed by atoms with Gasteiger partial charge in [-0.1, -0.05) is 32.9 Å². The minimum Gasteiger partial charge on any atom is -0.481 e. The van der Waals surface area contributed by atoms with Crippen LogP contribution in [-0.2, 0) is 14.3 Å². The van der Waals surface area contributed by atoms with Crippen molar-refractivity contribution in [2.45, 2.75) is 40.0 Å². The molecule has 0 aromatic heterocycles. The molecule has 2 unspecified atom stereocenters. The van der Waals surface area contributed by atoms with Crippen LogP contribution in [0, 0.1) is 28.1 Å². The van der Waals surface area contributed by atoms with Gasteiger partial charge in [0, 0.05) is 11.1 Å². The molecular formula is C21H25N3O4. The highest BCUT2D eigenvalue weighted by Gasteiger charge is 2.60. The van der Waals surface area contributed by atoms with E-state index in [-0.39, 0.29) is 17.4 Å². The first-order chi connectivity index (χ1) is 13.3. The van der Waals surface area contributed by atoms with E-state index in [1.165, 1.54) is 6.42 Å². The second kappa shape index (κ2) is 7.63. The SMILES string of the molecule is CC12CCC(C/C1=N/NC(=O)COC(=O)COc1ccccc1C#N)C2(C)C. The molecule has 3 rings (SSSR count). The quantitative estimate of drug-likeness (QED) is 0.601. The number of benzene rings is 1. The van der Waals surface area contributed by atoms with Crippen LogP contribution in [0.1, 0.15) is 45.6 Å². The zero-order valence-corrected chi connectivity index (χ0v) is 16.4. The topological polar surface area (TPSA) is 101 Å². The number of hydrazone groups is 1. The summed E-state index contributed by atoms with van der Waals surface area (Å²) in [5, 5.41) is 13.3. The summed E-state index contributed by atoms with van der Waals surface area (Å²) in [4.78, 5) is 23.7. The first kappa shape index (κ1) is 19.9. The highest BCUT2D eigenvalue weighted by atomic mass is 16.6. The maximum Gasteiger partial charge on any atom is 0.344 e. The zero-order chi connectivity index (χ0) is 20.4. The molecule has 2 bridgehead atoms. The number of hydrogen-bond acceptors (Lipinski definition) is 6. The summed E-state index contributed by atoms with van der Waals surface area (Å²) in [5.74, 6) is -0.282. The van der Waals surface area contributed by atoms with Crippen molar-refractivity contribution in [3.05, 3.63) is 29.8 Å². The molecule has 0 heterocycles. The van der Waals surface area contributed by atoms with Crippen LogP contribution >= 0.6 is 0 Å². The van der Waals surface area contributed by atoms with E-state index in [9.17, 15) is 9.59 Å². The van der Waals surface area contributed by atoms with Gasteiger partial charge in [0.15, 0.2) is 13.2 Å². The van der Waals surface area contributed by atoms with E-state index in [0.717, 1.165) is 18.6 Å². The third kappa shape index (κ3) is 3.59. The summed E-state index contributed by atoms with van der Waals surface area (Å²) in [7, 11) is 0. The molecule has 2 fully saturated rings. The van der Waals surface area contributed by atoms with E-state index in [1.807, 2.05) is 6.07 Å². The summed E-state index contributed by atoms with van der Waals surface area (Å²) >= 11 is 0. The number of para-hydroxylation sites is 1. The van der Waals surface area contributed by atoms with Crippen molar-refractivity contribution in [3.8, 4) is 11.8 Å². The molecule has 0 saturated heterocycles. The van der Waals surface area contributed by atoms with Crippen LogP contribution in [0.5, 0.6) is 5.75 Å². The van der Waals surface area contributed by atoms with Gasteiger partial charge >= 0.3 is 5.97 Å². The van der Waals surface area contributed by atoms with Gasteiger partial charge in [0.1, 0.15) is 11.8 Å². The molecular weight excluding hydrogens is 358 g/mol. The fourth-order valence-corrected chi connectivity index (χ4v) is 4.27. The molecule has 0 aliphatic heterocycles. The Morgan fingerprint density at radius 2 is 2.04 bits per heavy atom. The molecule has 1 aromatic rings. The summed E-state index contributed by atoms with van der Waals surface area (Å²) in [5.41, 5.74) is 4.04. The van der Waals surface area contributed by atoms with E-state index in [0.29, 0.717) is 17.2 Å². The first-order valence-electron chi connectivity index (χ1n) is 9.41. The number of nitrogens with zero attached hydrogens (tertiary/aromatic N) is 2. The molecule has 1 amide bonds. The van der Waals surface area contributed by atoms with Gasteiger partial charge in [0.05, 0.1) is 5.56 Å². The molecule has 2 saturated carbocycles. The molecule has 28 heavy (non-hydrogen) atoms. The van der Waals surface area contributed by atoms with Crippen LogP contribution in [0.4, 0.5) is 0 Å². The summed E-state index contributed by atoms with van der Waals surface area (Å²) in [6.45, 7) is 5.93. The number of esters is 1. The minimum atomic E-state index is -0.691. The number of carbonyl (C=O) groups excluding carboxylic acids is 2. The lowest BCUT2D eigenvalue weighted by atomic mass is 9.70. The number of carbonyl (C=O) groups is 2. The maximum absolute atomic E-state index is 12.0. The molecule has 1 aromatic carbocycles. The normalized spacial score (nSPS) is 25.9. The highest BCUT2D eigenvalue weighted by molar-refractivity contribution is 5.95. The number of nitrogens with one attached hydrogen (secondary N) is 1. The lowest BCUT2D eigenvalue weighted by Crippen LogP contribution is -2.35. The fourth-order valence-electron chi connectivity index (χ4n) is 4.27. The Morgan fingerprint density at radius 3 is 2.68 bits per heavy atom. The predicted molar refractivity (Wildman–Crippen MR) is 102 cm³/mol. The van der Waals surface area contributed by atoms with Gasteiger partial charge in [0.25, 0.3) is 5.91 Å². The standard InChI is InChI=1S/C21H25N3O4/c1-20(2)15-8-9-21(20,3)17(10-15)23-24-18(25)12-28-19(26)13-27-16-7-5-4-6-14(16)11-22/h4-7,15H,8-10,12-13H2,1-3H3,(H,24,25)/b23-17-. The first-order valence-corrected chi connectivity index (χ1v) is 9.41. The fraction of sp³-hybridized carbons (Fsp3) is 0.524. The van der Waals surface area contributed by atoms with E-state index >= 15 is 0 Å². The van der Waals surface area contributed by atoms with Gasteiger partial charge in [-0.25, -0.2) is 10.2 Å². The molecule has 7 heteroatoms. The van der Waals surface area contributed by atoms with Crippen LogP contribution in [-0.4, -0.2) is 30.8 Å². The van der Waals surface area contributed by atoms with Crippen molar-refractivity contribution in [2.24, 2.45) is 21.8 Å². The number of rotatable bonds is 6. The van der Waals surface area contributed by atoms with Gasteiger partial charge in [-0.2, -0.15) is 10.4 Å². The van der Waals surface area contributed by atoms with Crippen molar-refractivity contribution in [1.29, 1.82) is 5.26 Å². The lowest BCUT2D eigenvalue weighted by Gasteiger charge is -2.34. The largest absolute Gasteiger partial charge is 0.481 e. The number of ether oxygens (including phenoxy) is 2. The zero-order valence-electron chi connectivity index (χ0n) is 16.4. The highest BCUT2D eigenvalue weighted by Crippen LogP contribution is 2.63. The van der Waals surface area contributed by atoms with Crippen molar-refractivity contribution in [3.63, 3.8) is 0 Å². The van der Waals surface area contributed by atoms with E-state index < -0.39 is 18.5 Å². The Hall–Kier alpha value is -2.88. The second-order valence-corrected chi connectivity index (χ2v) is 8.14. The third-order valence-corrected chi connectivity index (χ3v) is 6.55. The van der Waals surface area contributed by atoms with Gasteiger partial charge in [-0.05, 0) is 42.7 Å². The molecule has 7 nitrogen and oxygen atoms in total. The molecule has 1 N–H and O–H groups in total. The Balaban J connectivity index is 1.45. The van der Waals surface area contributed by atoms with Gasteiger partial charge < -0.3 is 9.47 Å². The number of nitriles is 1. The third-order valence-electron chi connectivity index (χ3n) is 6.55. The van der Waals surface area contributed by atoms with Crippen molar-refractivity contribution >= 4 is 17.6 Å². The molecule has 0 spiro atoms. The Morgan fingerprint density at radius 1 is 1.29 bits per heavy atom. The molecule has 148 valence electrons. The minimum absolute atomic E-state index is 0.00357. The van der Waals surface area contributed by atoms with Crippen LogP contribution in [0.15, 0.2) is 29.4 Å². The summed E-state index contributed by atoms with van der Waals surface area (Å²) < 4.78 is 10.2. The molecule has 2 atom stereocenters. The molecule has 0 radical (unpaired) electrons. The Bertz CT molecular complexity index is 855. The van der Waals surface area contributed by atoms with E-state index in [1.54, 1.807) is 24.3 Å². The number of fused-ring (bicyclic) bond motifs is 2. The summed E-state index contributed by atoms with van der Waals surface area (Å²) in [6, 6.07) is 8.56. The monoisotopic (exact) mass is 383 g/mol. The van der Waals surface area contributed by atoms with E-state index in [4.69, 9.17) is 14.7 Å². The maximum atomic E-state index is 12.0. The Kier molecular flexibility index (Phi) is 5.41. The number of hydrogen-bond donors (Lipinski definition) is 1. The van der Waals surface area contributed by atoms with Crippen LogP contribution in [0.25, 0.3) is 0 Å². The van der Waals surface area contributed by atoms with Crippen molar-refractivity contribution < 1.29 is 19.1 Å².